The molecule has 0 amide bonds. The monoisotopic (exact) mass is 297 g/mol. The molecule has 1 aromatic carbocycles. The second-order valence-electron chi connectivity index (χ2n) is 4.02. The van der Waals surface area contributed by atoms with Crippen LogP contribution >= 0.6 is 11.3 Å². The molecule has 1 aromatic heterocycles. The van der Waals surface area contributed by atoms with Crippen LogP contribution in [-0.2, 0) is 23.0 Å². The van der Waals surface area contributed by atoms with Crippen molar-refractivity contribution < 1.29 is 13.5 Å². The molecule has 0 unspecified atom stereocenters. The molecule has 0 aliphatic carbocycles. The molecule has 1 heterocycles. The highest BCUT2D eigenvalue weighted by Gasteiger charge is 2.13. The SMILES string of the molecule is O=S(=O)(NCc1cccs1)c1ccc(CCO)cc1. The van der Waals surface area contributed by atoms with E-state index in [1.165, 1.54) is 11.3 Å². The van der Waals surface area contributed by atoms with Crippen LogP contribution in [0.1, 0.15) is 10.4 Å². The molecular formula is C13H15NO3S2. The Kier molecular flexibility index (Phi) is 4.71. The van der Waals surface area contributed by atoms with Crippen LogP contribution in [0.15, 0.2) is 46.7 Å². The Bertz CT molecular complexity index is 604. The second-order valence-corrected chi connectivity index (χ2v) is 6.82. The summed E-state index contributed by atoms with van der Waals surface area (Å²) >= 11 is 1.51. The zero-order chi connectivity index (χ0) is 13.7. The van der Waals surface area contributed by atoms with Gasteiger partial charge in [-0.15, -0.1) is 11.3 Å². The van der Waals surface area contributed by atoms with Gasteiger partial charge >= 0.3 is 0 Å². The summed E-state index contributed by atoms with van der Waals surface area (Å²) in [4.78, 5) is 1.21. The maximum absolute atomic E-state index is 12.0. The summed E-state index contributed by atoms with van der Waals surface area (Å²) in [5.74, 6) is 0. The smallest absolute Gasteiger partial charge is 0.240 e. The number of thiophene rings is 1. The topological polar surface area (TPSA) is 66.4 Å². The number of aliphatic hydroxyl groups is 1. The lowest BCUT2D eigenvalue weighted by Gasteiger charge is -2.06. The molecule has 0 aliphatic rings. The van der Waals surface area contributed by atoms with Gasteiger partial charge in [-0.2, -0.15) is 0 Å². The number of nitrogens with one attached hydrogen (secondary N) is 1. The zero-order valence-electron chi connectivity index (χ0n) is 10.2. The van der Waals surface area contributed by atoms with Crippen LogP contribution in [0.4, 0.5) is 0 Å². The number of benzene rings is 1. The van der Waals surface area contributed by atoms with Gasteiger partial charge in [-0.3, -0.25) is 0 Å². The third kappa shape index (κ3) is 3.87. The van der Waals surface area contributed by atoms with Crippen molar-refractivity contribution in [2.45, 2.75) is 17.9 Å². The van der Waals surface area contributed by atoms with E-state index in [4.69, 9.17) is 5.11 Å². The van der Waals surface area contributed by atoms with Crippen molar-refractivity contribution in [3.05, 3.63) is 52.2 Å². The summed E-state index contributed by atoms with van der Waals surface area (Å²) < 4.78 is 26.6. The minimum absolute atomic E-state index is 0.0583. The molecule has 0 aliphatic heterocycles. The molecule has 0 fully saturated rings. The minimum atomic E-state index is -3.47. The van der Waals surface area contributed by atoms with Crippen molar-refractivity contribution in [3.8, 4) is 0 Å². The Labute approximate surface area is 116 Å². The molecule has 6 heteroatoms. The summed E-state index contributed by atoms with van der Waals surface area (Å²) in [6.45, 7) is 0.362. The van der Waals surface area contributed by atoms with Gasteiger partial charge in [0.25, 0.3) is 0 Å². The molecule has 0 saturated heterocycles. The molecule has 0 atom stereocenters. The molecule has 2 aromatic rings. The van der Waals surface area contributed by atoms with E-state index in [1.54, 1.807) is 24.3 Å². The lowest BCUT2D eigenvalue weighted by Crippen LogP contribution is -2.22. The minimum Gasteiger partial charge on any atom is -0.396 e. The van der Waals surface area contributed by atoms with E-state index >= 15 is 0 Å². The highest BCUT2D eigenvalue weighted by molar-refractivity contribution is 7.89. The van der Waals surface area contributed by atoms with E-state index < -0.39 is 10.0 Å². The Morgan fingerprint density at radius 2 is 1.89 bits per heavy atom. The largest absolute Gasteiger partial charge is 0.396 e. The first-order valence-electron chi connectivity index (χ1n) is 5.84. The van der Waals surface area contributed by atoms with Gasteiger partial charge in [0.05, 0.1) is 4.90 Å². The molecule has 0 radical (unpaired) electrons. The maximum atomic E-state index is 12.0. The van der Waals surface area contributed by atoms with Gasteiger partial charge in [0.2, 0.25) is 10.0 Å². The first kappa shape index (κ1) is 14.2. The van der Waals surface area contributed by atoms with Crippen LogP contribution < -0.4 is 4.72 Å². The Morgan fingerprint density at radius 1 is 1.16 bits per heavy atom. The van der Waals surface area contributed by atoms with E-state index in [9.17, 15) is 8.42 Å². The fourth-order valence-electron chi connectivity index (χ4n) is 1.63. The summed E-state index contributed by atoms with van der Waals surface area (Å²) in [6.07, 6.45) is 0.531. The third-order valence-corrected chi connectivity index (χ3v) is 4.94. The zero-order valence-corrected chi connectivity index (χ0v) is 11.9. The predicted molar refractivity (Wildman–Crippen MR) is 75.6 cm³/mol. The first-order valence-corrected chi connectivity index (χ1v) is 8.20. The van der Waals surface area contributed by atoms with Crippen molar-refractivity contribution in [2.24, 2.45) is 0 Å². The lowest BCUT2D eigenvalue weighted by molar-refractivity contribution is 0.299. The first-order chi connectivity index (χ1) is 9.12. The van der Waals surface area contributed by atoms with Crippen molar-refractivity contribution in [1.82, 2.24) is 4.72 Å². The summed E-state index contributed by atoms with van der Waals surface area (Å²) in [7, 11) is -3.47. The van der Waals surface area contributed by atoms with Gasteiger partial charge in [-0.1, -0.05) is 18.2 Å². The number of sulfonamides is 1. The lowest BCUT2D eigenvalue weighted by atomic mass is 10.2. The van der Waals surface area contributed by atoms with Crippen LogP contribution in [0.3, 0.4) is 0 Å². The van der Waals surface area contributed by atoms with Crippen LogP contribution in [0.2, 0.25) is 0 Å². The normalized spacial score (nSPS) is 11.6. The molecule has 102 valence electrons. The summed E-state index contributed by atoms with van der Waals surface area (Å²) in [5, 5.41) is 10.7. The van der Waals surface area contributed by atoms with Crippen molar-refractivity contribution in [2.75, 3.05) is 6.61 Å². The molecule has 2 rings (SSSR count). The highest BCUT2D eigenvalue weighted by atomic mass is 32.2. The fraction of sp³-hybridized carbons (Fsp3) is 0.231. The van der Waals surface area contributed by atoms with Gasteiger partial charge in [-0.25, -0.2) is 13.1 Å². The number of rotatable bonds is 6. The molecule has 19 heavy (non-hydrogen) atoms. The van der Waals surface area contributed by atoms with Gasteiger partial charge < -0.3 is 5.11 Å². The maximum Gasteiger partial charge on any atom is 0.240 e. The Balaban J connectivity index is 2.06. The van der Waals surface area contributed by atoms with Crippen molar-refractivity contribution in [3.63, 3.8) is 0 Å². The van der Waals surface area contributed by atoms with E-state index in [0.29, 0.717) is 13.0 Å². The van der Waals surface area contributed by atoms with Gasteiger partial charge in [0, 0.05) is 18.0 Å². The second kappa shape index (κ2) is 6.29. The van der Waals surface area contributed by atoms with Gasteiger partial charge in [0.15, 0.2) is 0 Å². The average Bonchev–Trinajstić information content (AvgIpc) is 2.91. The fourth-order valence-corrected chi connectivity index (χ4v) is 3.37. The van der Waals surface area contributed by atoms with Crippen LogP contribution in [-0.4, -0.2) is 20.1 Å². The molecule has 4 nitrogen and oxygen atoms in total. The van der Waals surface area contributed by atoms with E-state index in [2.05, 4.69) is 4.72 Å². The average molecular weight is 297 g/mol. The predicted octanol–water partition coefficient (Wildman–Crippen LogP) is 1.76. The van der Waals surface area contributed by atoms with E-state index in [1.807, 2.05) is 17.5 Å². The molecular weight excluding hydrogens is 282 g/mol. The van der Waals surface area contributed by atoms with Crippen LogP contribution in [0, 0.1) is 0 Å². The van der Waals surface area contributed by atoms with E-state index in [-0.39, 0.29) is 11.5 Å². The molecule has 0 bridgehead atoms. The number of aliphatic hydroxyl groups excluding tert-OH is 1. The van der Waals surface area contributed by atoms with Crippen LogP contribution in [0.5, 0.6) is 0 Å². The van der Waals surface area contributed by atoms with Crippen molar-refractivity contribution in [1.29, 1.82) is 0 Å². The molecule has 0 spiro atoms. The third-order valence-electron chi connectivity index (χ3n) is 2.65. The van der Waals surface area contributed by atoms with Crippen LogP contribution in [0.25, 0.3) is 0 Å². The molecule has 0 saturated carbocycles. The summed E-state index contributed by atoms with van der Waals surface area (Å²) in [6, 6.07) is 10.3. The summed E-state index contributed by atoms with van der Waals surface area (Å²) in [5.41, 5.74) is 0.916. The van der Waals surface area contributed by atoms with Gasteiger partial charge in [0.1, 0.15) is 0 Å². The van der Waals surface area contributed by atoms with Crippen molar-refractivity contribution >= 4 is 21.4 Å². The van der Waals surface area contributed by atoms with Gasteiger partial charge in [-0.05, 0) is 35.6 Å². The standard InChI is InChI=1S/C13H15NO3S2/c15-8-7-11-3-5-13(6-4-11)19(16,17)14-10-12-2-1-9-18-12/h1-6,9,14-15H,7-8,10H2. The van der Waals surface area contributed by atoms with E-state index in [0.717, 1.165) is 10.4 Å². The highest BCUT2D eigenvalue weighted by Crippen LogP contribution is 2.13. The number of hydrogen-bond donors (Lipinski definition) is 2. The Morgan fingerprint density at radius 3 is 2.47 bits per heavy atom. The quantitative estimate of drug-likeness (QED) is 0.854. The number of hydrogen-bond acceptors (Lipinski definition) is 4. The Hall–Kier alpha value is -1.21. The molecule has 2 N–H and O–H groups in total.